The largest absolute Gasteiger partial charge is 0.460 e. The van der Waals surface area contributed by atoms with E-state index in [0.29, 0.717) is 22.6 Å². The van der Waals surface area contributed by atoms with Crippen molar-refractivity contribution in [2.24, 2.45) is 0 Å². The predicted molar refractivity (Wildman–Crippen MR) is 107 cm³/mol. The highest BCUT2D eigenvalue weighted by Crippen LogP contribution is 2.31. The highest BCUT2D eigenvalue weighted by Gasteiger charge is 2.23. The van der Waals surface area contributed by atoms with Gasteiger partial charge in [-0.2, -0.15) is 5.10 Å². The van der Waals surface area contributed by atoms with Crippen molar-refractivity contribution in [2.75, 3.05) is 0 Å². The van der Waals surface area contributed by atoms with Crippen LogP contribution in [0.4, 0.5) is 8.78 Å². The number of fused-ring (bicyclic) bond motifs is 1. The predicted octanol–water partition coefficient (Wildman–Crippen LogP) is 4.99. The summed E-state index contributed by atoms with van der Waals surface area (Å²) in [6.45, 7) is 11.2. The fourth-order valence-electron chi connectivity index (χ4n) is 3.47. The molecule has 0 saturated carbocycles. The molecule has 2 heterocycles. The smallest absolute Gasteiger partial charge is 0.310 e. The van der Waals surface area contributed by atoms with Gasteiger partial charge in [0.2, 0.25) is 0 Å². The number of halogens is 2. The van der Waals surface area contributed by atoms with Crippen LogP contribution in [0.3, 0.4) is 0 Å². The van der Waals surface area contributed by atoms with Crippen molar-refractivity contribution in [1.29, 1.82) is 0 Å². The average molecular weight is 401 g/mol. The summed E-state index contributed by atoms with van der Waals surface area (Å²) in [7, 11) is 0. The van der Waals surface area contributed by atoms with E-state index in [1.807, 2.05) is 34.6 Å². The number of ether oxygens (including phenoxy) is 1. The zero-order chi connectivity index (χ0) is 21.5. The summed E-state index contributed by atoms with van der Waals surface area (Å²) in [5.41, 5.74) is 3.04. The van der Waals surface area contributed by atoms with Gasteiger partial charge in [0, 0.05) is 17.2 Å². The van der Waals surface area contributed by atoms with Crippen molar-refractivity contribution in [2.45, 2.75) is 59.5 Å². The molecule has 3 rings (SSSR count). The third kappa shape index (κ3) is 4.44. The van der Waals surface area contributed by atoms with E-state index < -0.39 is 17.2 Å². The van der Waals surface area contributed by atoms with E-state index in [9.17, 15) is 13.6 Å². The second-order valence-electron chi connectivity index (χ2n) is 8.44. The summed E-state index contributed by atoms with van der Waals surface area (Å²) in [5.74, 6) is -1.63. The molecule has 0 N–H and O–H groups in total. The Morgan fingerprint density at radius 1 is 1.17 bits per heavy atom. The summed E-state index contributed by atoms with van der Waals surface area (Å²) < 4.78 is 34.5. The molecule has 2 aromatic heterocycles. The van der Waals surface area contributed by atoms with E-state index in [4.69, 9.17) is 4.74 Å². The Labute approximate surface area is 168 Å². The number of nitrogens with zero attached hydrogens (tertiary/aromatic N) is 3. The van der Waals surface area contributed by atoms with Crippen molar-refractivity contribution in [3.05, 3.63) is 52.9 Å². The van der Waals surface area contributed by atoms with Gasteiger partial charge in [-0.1, -0.05) is 13.8 Å². The second-order valence-corrected chi connectivity index (χ2v) is 8.44. The van der Waals surface area contributed by atoms with E-state index in [1.165, 1.54) is 12.1 Å². The molecule has 3 aromatic rings. The SMILES string of the molecule is Cc1nc2c(C(C)C)c(CC(=O)OC(C)(C)C)cnn2c1-c1cc(F)cc(F)c1. The number of hydrogen-bond donors (Lipinski definition) is 0. The molecule has 0 radical (unpaired) electrons. The van der Waals surface area contributed by atoms with Crippen molar-refractivity contribution < 1.29 is 18.3 Å². The summed E-state index contributed by atoms with van der Waals surface area (Å²) in [4.78, 5) is 17.0. The minimum Gasteiger partial charge on any atom is -0.460 e. The van der Waals surface area contributed by atoms with Gasteiger partial charge < -0.3 is 4.74 Å². The molecule has 1 aromatic carbocycles. The van der Waals surface area contributed by atoms with Gasteiger partial charge in [0.1, 0.15) is 17.2 Å². The maximum atomic E-state index is 13.8. The quantitative estimate of drug-likeness (QED) is 0.578. The molecular weight excluding hydrogens is 376 g/mol. The molecule has 7 heteroatoms. The number of esters is 1. The van der Waals surface area contributed by atoms with Crippen LogP contribution in [0.15, 0.2) is 24.4 Å². The number of hydrogen-bond acceptors (Lipinski definition) is 4. The van der Waals surface area contributed by atoms with E-state index in [-0.39, 0.29) is 18.3 Å². The molecular formula is C22H25F2N3O2. The Morgan fingerprint density at radius 3 is 2.34 bits per heavy atom. The number of aromatic nitrogens is 3. The van der Waals surface area contributed by atoms with E-state index in [2.05, 4.69) is 10.1 Å². The van der Waals surface area contributed by atoms with Crippen LogP contribution in [0.1, 0.15) is 57.4 Å². The molecule has 0 saturated heterocycles. The highest BCUT2D eigenvalue weighted by molar-refractivity contribution is 5.75. The number of benzene rings is 1. The first-order chi connectivity index (χ1) is 13.5. The van der Waals surface area contributed by atoms with Crippen LogP contribution < -0.4 is 0 Å². The molecule has 0 atom stereocenters. The molecule has 0 aliphatic rings. The summed E-state index contributed by atoms with van der Waals surface area (Å²) in [6, 6.07) is 3.34. The molecule has 5 nitrogen and oxygen atoms in total. The Morgan fingerprint density at radius 2 is 1.79 bits per heavy atom. The zero-order valence-electron chi connectivity index (χ0n) is 17.5. The fourth-order valence-corrected chi connectivity index (χ4v) is 3.47. The number of aryl methyl sites for hydroxylation is 1. The molecule has 0 aliphatic carbocycles. The van der Waals surface area contributed by atoms with E-state index in [0.717, 1.165) is 17.2 Å². The molecule has 154 valence electrons. The Hall–Kier alpha value is -2.83. The van der Waals surface area contributed by atoms with Crippen LogP contribution in [-0.2, 0) is 16.0 Å². The van der Waals surface area contributed by atoms with Crippen molar-refractivity contribution in [1.82, 2.24) is 14.6 Å². The van der Waals surface area contributed by atoms with E-state index in [1.54, 1.807) is 17.6 Å². The lowest BCUT2D eigenvalue weighted by atomic mass is 9.98. The van der Waals surface area contributed by atoms with Crippen molar-refractivity contribution in [3.8, 4) is 11.3 Å². The minimum absolute atomic E-state index is 0.0526. The first-order valence-electron chi connectivity index (χ1n) is 9.51. The summed E-state index contributed by atoms with van der Waals surface area (Å²) >= 11 is 0. The molecule has 0 bridgehead atoms. The van der Waals surface area contributed by atoms with Gasteiger partial charge in [-0.3, -0.25) is 4.79 Å². The third-order valence-corrected chi connectivity index (χ3v) is 4.41. The van der Waals surface area contributed by atoms with Gasteiger partial charge in [0.25, 0.3) is 0 Å². The minimum atomic E-state index is -0.667. The standard InChI is InChI=1S/C22H25F2N3O2/c1-12(2)19-15(9-18(28)29-22(4,5)6)11-25-27-20(13(3)26-21(19)27)14-7-16(23)10-17(24)8-14/h7-8,10-12H,9H2,1-6H3. The first kappa shape index (κ1) is 20.9. The number of rotatable bonds is 4. The van der Waals surface area contributed by atoms with Gasteiger partial charge >= 0.3 is 5.97 Å². The lowest BCUT2D eigenvalue weighted by Crippen LogP contribution is -2.25. The third-order valence-electron chi connectivity index (χ3n) is 4.41. The lowest BCUT2D eigenvalue weighted by molar-refractivity contribution is -0.153. The average Bonchev–Trinajstić information content (AvgIpc) is 2.87. The molecule has 0 unspecified atom stereocenters. The normalized spacial score (nSPS) is 12.0. The van der Waals surface area contributed by atoms with Crippen LogP contribution in [0, 0.1) is 18.6 Å². The van der Waals surface area contributed by atoms with Gasteiger partial charge in [-0.25, -0.2) is 18.3 Å². The van der Waals surface area contributed by atoms with Crippen molar-refractivity contribution >= 4 is 11.6 Å². The Kier molecular flexibility index (Phi) is 5.43. The zero-order valence-corrected chi connectivity index (χ0v) is 17.5. The van der Waals surface area contributed by atoms with Gasteiger partial charge in [0.05, 0.1) is 24.0 Å². The summed E-state index contributed by atoms with van der Waals surface area (Å²) in [5, 5.41) is 4.43. The monoisotopic (exact) mass is 401 g/mol. The topological polar surface area (TPSA) is 56.5 Å². The summed E-state index contributed by atoms with van der Waals surface area (Å²) in [6.07, 6.45) is 1.68. The highest BCUT2D eigenvalue weighted by atomic mass is 19.1. The van der Waals surface area contributed by atoms with Crippen LogP contribution in [0.2, 0.25) is 0 Å². The van der Waals surface area contributed by atoms with Gasteiger partial charge in [0.15, 0.2) is 5.65 Å². The molecule has 0 spiro atoms. The fraction of sp³-hybridized carbons (Fsp3) is 0.409. The maximum Gasteiger partial charge on any atom is 0.310 e. The van der Waals surface area contributed by atoms with Crippen molar-refractivity contribution in [3.63, 3.8) is 0 Å². The van der Waals surface area contributed by atoms with Gasteiger partial charge in [-0.15, -0.1) is 0 Å². The number of carbonyl (C=O) groups excluding carboxylic acids is 1. The molecule has 29 heavy (non-hydrogen) atoms. The van der Waals surface area contributed by atoms with Crippen LogP contribution in [-0.4, -0.2) is 26.2 Å². The number of carbonyl (C=O) groups is 1. The van der Waals surface area contributed by atoms with Crippen LogP contribution in [0.5, 0.6) is 0 Å². The molecule has 0 fully saturated rings. The second kappa shape index (κ2) is 7.54. The Bertz CT molecular complexity index is 1060. The van der Waals surface area contributed by atoms with E-state index >= 15 is 0 Å². The molecule has 0 aliphatic heterocycles. The van der Waals surface area contributed by atoms with Crippen LogP contribution in [0.25, 0.3) is 16.9 Å². The van der Waals surface area contributed by atoms with Crippen LogP contribution >= 0.6 is 0 Å². The Balaban J connectivity index is 2.14. The molecule has 0 amide bonds. The maximum absolute atomic E-state index is 13.8. The van der Waals surface area contributed by atoms with Gasteiger partial charge in [-0.05, 0) is 51.3 Å². The lowest BCUT2D eigenvalue weighted by Gasteiger charge is -2.20. The first-order valence-corrected chi connectivity index (χ1v) is 9.51. The number of imidazole rings is 1.